The molecule has 0 aliphatic heterocycles. The molecule has 38 heavy (non-hydrogen) atoms. The van der Waals surface area contributed by atoms with E-state index >= 15 is 4.39 Å². The van der Waals surface area contributed by atoms with Crippen molar-refractivity contribution < 1.29 is 31.8 Å². The second-order valence-corrected chi connectivity index (χ2v) is 10.9. The molecule has 0 aliphatic rings. The number of halogens is 4. The first-order chi connectivity index (χ1) is 18.0. The lowest BCUT2D eigenvalue weighted by molar-refractivity contribution is -0.160. The van der Waals surface area contributed by atoms with Crippen LogP contribution in [-0.2, 0) is 32.2 Å². The average Bonchev–Trinajstić information content (AvgIpc) is 2.89. The predicted molar refractivity (Wildman–Crippen MR) is 138 cm³/mol. The van der Waals surface area contributed by atoms with Gasteiger partial charge in [-0.15, -0.1) is 0 Å². The maximum absolute atomic E-state index is 15.1. The molecule has 0 fully saturated rings. The molecule has 0 aliphatic carbocycles. The maximum Gasteiger partial charge on any atom is 0.416 e. The summed E-state index contributed by atoms with van der Waals surface area (Å²) in [5.41, 5.74) is -1.64. The van der Waals surface area contributed by atoms with Crippen molar-refractivity contribution in [3.63, 3.8) is 0 Å². The SMILES string of the molecule is CC(C)(OC(=O)COc1ccc([S+](c2ccccc2)c2ccccc2)cc1F)c1ccc(C(F)(F)F)cc1. The maximum atomic E-state index is 15.1. The fraction of sp³-hybridized carbons (Fsp3) is 0.167. The molecule has 8 heteroatoms. The fourth-order valence-corrected chi connectivity index (χ4v) is 5.92. The molecule has 4 aromatic carbocycles. The van der Waals surface area contributed by atoms with Crippen LogP contribution >= 0.6 is 0 Å². The third-order valence-electron chi connectivity index (χ3n) is 5.72. The monoisotopic (exact) mass is 541 g/mol. The van der Waals surface area contributed by atoms with Crippen molar-refractivity contribution in [1.29, 1.82) is 0 Å². The van der Waals surface area contributed by atoms with Crippen LogP contribution in [0, 0.1) is 5.82 Å². The van der Waals surface area contributed by atoms with E-state index < -0.39 is 46.6 Å². The van der Waals surface area contributed by atoms with Crippen LogP contribution in [0.1, 0.15) is 25.0 Å². The Bertz CT molecular complexity index is 1330. The van der Waals surface area contributed by atoms with E-state index in [2.05, 4.69) is 0 Å². The van der Waals surface area contributed by atoms with Crippen LogP contribution in [0.25, 0.3) is 0 Å². The van der Waals surface area contributed by atoms with Crippen molar-refractivity contribution >= 4 is 16.9 Å². The third kappa shape index (κ3) is 6.55. The molecule has 0 heterocycles. The normalized spacial score (nSPS) is 11.9. The van der Waals surface area contributed by atoms with Gasteiger partial charge in [-0.05, 0) is 67.9 Å². The van der Waals surface area contributed by atoms with Crippen LogP contribution in [-0.4, -0.2) is 12.6 Å². The number of carbonyl (C=O) groups excluding carboxylic acids is 1. The highest BCUT2D eigenvalue weighted by Crippen LogP contribution is 2.34. The van der Waals surface area contributed by atoms with E-state index in [9.17, 15) is 18.0 Å². The largest absolute Gasteiger partial charge is 0.479 e. The van der Waals surface area contributed by atoms with E-state index in [4.69, 9.17) is 9.47 Å². The topological polar surface area (TPSA) is 35.5 Å². The van der Waals surface area contributed by atoms with Crippen LogP contribution in [0.5, 0.6) is 5.75 Å². The molecular weight excluding hydrogens is 516 g/mol. The molecular formula is C30H25F4O3S+. The Hall–Kier alpha value is -3.78. The van der Waals surface area contributed by atoms with Crippen molar-refractivity contribution in [3.8, 4) is 5.75 Å². The number of rotatable bonds is 8. The van der Waals surface area contributed by atoms with Gasteiger partial charge in [0.05, 0.1) is 16.5 Å². The van der Waals surface area contributed by atoms with Gasteiger partial charge in [0.1, 0.15) is 5.60 Å². The van der Waals surface area contributed by atoms with E-state index in [1.165, 1.54) is 24.3 Å². The Morgan fingerprint density at radius 2 is 1.26 bits per heavy atom. The first kappa shape index (κ1) is 27.3. The van der Waals surface area contributed by atoms with Crippen LogP contribution in [0.3, 0.4) is 0 Å². The first-order valence-electron chi connectivity index (χ1n) is 11.7. The molecule has 3 nitrogen and oxygen atoms in total. The van der Waals surface area contributed by atoms with Crippen molar-refractivity contribution in [2.45, 2.75) is 40.3 Å². The van der Waals surface area contributed by atoms with Gasteiger partial charge in [-0.25, -0.2) is 9.18 Å². The lowest BCUT2D eigenvalue weighted by Crippen LogP contribution is -2.28. The summed E-state index contributed by atoms with van der Waals surface area (Å²) in [5, 5.41) is 0. The summed E-state index contributed by atoms with van der Waals surface area (Å²) in [4.78, 5) is 15.2. The van der Waals surface area contributed by atoms with Gasteiger partial charge in [-0.2, -0.15) is 13.2 Å². The van der Waals surface area contributed by atoms with E-state index in [1.54, 1.807) is 19.9 Å². The number of benzene rings is 4. The summed E-state index contributed by atoms with van der Waals surface area (Å²) < 4.78 is 64.4. The second-order valence-electron chi connectivity index (χ2n) is 8.87. The molecule has 0 bridgehead atoms. The van der Waals surface area contributed by atoms with E-state index in [-0.39, 0.29) is 5.75 Å². The predicted octanol–water partition coefficient (Wildman–Crippen LogP) is 7.80. The molecule has 0 radical (unpaired) electrons. The van der Waals surface area contributed by atoms with Crippen LogP contribution < -0.4 is 4.74 Å². The fourth-order valence-electron chi connectivity index (χ4n) is 3.82. The Balaban J connectivity index is 1.45. The Morgan fingerprint density at radius 1 is 0.737 bits per heavy atom. The Labute approximate surface area is 221 Å². The Morgan fingerprint density at radius 3 is 1.76 bits per heavy atom. The molecule has 196 valence electrons. The molecule has 0 N–H and O–H groups in total. The molecule has 0 amide bonds. The summed E-state index contributed by atoms with van der Waals surface area (Å²) in [6.45, 7) is 2.54. The first-order valence-corrected chi connectivity index (χ1v) is 12.9. The lowest BCUT2D eigenvalue weighted by Gasteiger charge is -2.26. The number of carbonyl (C=O) groups is 1. The quantitative estimate of drug-likeness (QED) is 0.130. The van der Waals surface area contributed by atoms with Gasteiger partial charge in [-0.1, -0.05) is 48.5 Å². The van der Waals surface area contributed by atoms with Gasteiger partial charge in [-0.3, -0.25) is 0 Å². The van der Waals surface area contributed by atoms with Crippen LogP contribution in [0.4, 0.5) is 17.6 Å². The molecule has 0 spiro atoms. The molecule has 0 saturated heterocycles. The number of hydrogen-bond acceptors (Lipinski definition) is 3. The summed E-state index contributed by atoms with van der Waals surface area (Å²) in [7, 11) is -0.546. The smallest absolute Gasteiger partial charge is 0.416 e. The summed E-state index contributed by atoms with van der Waals surface area (Å²) in [6, 6.07) is 28.6. The zero-order valence-corrected chi connectivity index (χ0v) is 21.5. The minimum absolute atomic E-state index is 0.109. The minimum Gasteiger partial charge on any atom is -0.479 e. The zero-order chi connectivity index (χ0) is 27.3. The second kappa shape index (κ2) is 11.3. The number of hydrogen-bond donors (Lipinski definition) is 0. The zero-order valence-electron chi connectivity index (χ0n) is 20.7. The van der Waals surface area contributed by atoms with Crippen LogP contribution in [0.2, 0.25) is 0 Å². The van der Waals surface area contributed by atoms with Crippen molar-refractivity contribution in [2.24, 2.45) is 0 Å². The lowest BCUT2D eigenvalue weighted by atomic mass is 9.97. The van der Waals surface area contributed by atoms with Gasteiger partial charge in [0, 0.05) is 6.07 Å². The highest BCUT2D eigenvalue weighted by atomic mass is 32.2. The van der Waals surface area contributed by atoms with Gasteiger partial charge in [0.25, 0.3) is 0 Å². The van der Waals surface area contributed by atoms with Crippen molar-refractivity contribution in [1.82, 2.24) is 0 Å². The molecule has 0 unspecified atom stereocenters. The molecule has 0 aromatic heterocycles. The third-order valence-corrected chi connectivity index (χ3v) is 7.93. The number of esters is 1. The highest BCUT2D eigenvalue weighted by molar-refractivity contribution is 7.97. The molecule has 0 atom stereocenters. The minimum atomic E-state index is -4.46. The standard InChI is InChI=1S/C30H25F4O3S/c1-29(2,21-13-15-22(16-14-21)30(32,33)34)37-28(35)20-36-27-18-17-25(19-26(27)31)38(23-9-5-3-6-10-23)24-11-7-4-8-12-24/h3-19H,20H2,1-2H3/q+1. The van der Waals surface area contributed by atoms with E-state index in [0.717, 1.165) is 26.8 Å². The van der Waals surface area contributed by atoms with Gasteiger partial charge < -0.3 is 9.47 Å². The molecule has 0 saturated carbocycles. The van der Waals surface area contributed by atoms with Gasteiger partial charge >= 0.3 is 12.1 Å². The van der Waals surface area contributed by atoms with Crippen molar-refractivity contribution in [2.75, 3.05) is 6.61 Å². The van der Waals surface area contributed by atoms with E-state index in [0.29, 0.717) is 5.56 Å². The Kier molecular flexibility index (Phi) is 8.11. The average molecular weight is 542 g/mol. The van der Waals surface area contributed by atoms with E-state index in [1.807, 2.05) is 60.7 Å². The van der Waals surface area contributed by atoms with Crippen molar-refractivity contribution in [3.05, 3.63) is 120 Å². The summed E-state index contributed by atoms with van der Waals surface area (Å²) in [5.74, 6) is -1.52. The molecule has 4 aromatic rings. The number of alkyl halides is 3. The summed E-state index contributed by atoms with van der Waals surface area (Å²) in [6.07, 6.45) is -4.46. The molecule has 4 rings (SSSR count). The summed E-state index contributed by atoms with van der Waals surface area (Å²) >= 11 is 0. The van der Waals surface area contributed by atoms with Crippen LogP contribution in [0.15, 0.2) is 118 Å². The van der Waals surface area contributed by atoms with Gasteiger partial charge in [0.15, 0.2) is 32.9 Å². The number of ether oxygens (including phenoxy) is 2. The highest BCUT2D eigenvalue weighted by Gasteiger charge is 2.32. The van der Waals surface area contributed by atoms with Gasteiger partial charge in [0.2, 0.25) is 0 Å².